The van der Waals surface area contributed by atoms with Crippen LogP contribution in [0.3, 0.4) is 0 Å². The summed E-state index contributed by atoms with van der Waals surface area (Å²) in [5, 5.41) is 0. The largest absolute Gasteiger partial charge is 0.489 e. The molecule has 0 N–H and O–H groups in total. The van der Waals surface area contributed by atoms with Crippen molar-refractivity contribution in [2.24, 2.45) is 0 Å². The first-order valence-electron chi connectivity index (χ1n) is 9.76. The van der Waals surface area contributed by atoms with Crippen molar-refractivity contribution in [1.82, 2.24) is 9.55 Å². The molecule has 0 bridgehead atoms. The second-order valence-corrected chi connectivity index (χ2v) is 7.29. The lowest BCUT2D eigenvalue weighted by molar-refractivity contribution is -0.0950. The molecule has 1 aliphatic rings. The van der Waals surface area contributed by atoms with E-state index in [4.69, 9.17) is 14.2 Å². The zero-order valence-corrected chi connectivity index (χ0v) is 18.0. The van der Waals surface area contributed by atoms with E-state index in [9.17, 15) is 4.39 Å². The normalized spacial score (nSPS) is 15.4. The van der Waals surface area contributed by atoms with Gasteiger partial charge in [-0.05, 0) is 42.3 Å². The highest BCUT2D eigenvalue weighted by atomic mass is 35.5. The van der Waals surface area contributed by atoms with Crippen molar-refractivity contribution in [3.63, 3.8) is 0 Å². The molecule has 1 aliphatic heterocycles. The average molecular weight is 433 g/mol. The van der Waals surface area contributed by atoms with Crippen molar-refractivity contribution in [1.29, 1.82) is 0 Å². The van der Waals surface area contributed by atoms with Crippen LogP contribution in [-0.4, -0.2) is 29.9 Å². The van der Waals surface area contributed by atoms with Gasteiger partial charge in [0.2, 0.25) is 0 Å². The Bertz CT molecular complexity index is 969. The van der Waals surface area contributed by atoms with E-state index >= 15 is 0 Å². The van der Waals surface area contributed by atoms with Gasteiger partial charge in [0.25, 0.3) is 0 Å². The molecule has 5 nitrogen and oxygen atoms in total. The second kappa shape index (κ2) is 9.60. The van der Waals surface area contributed by atoms with Crippen LogP contribution in [-0.2, 0) is 21.7 Å². The maximum absolute atomic E-state index is 14.3. The van der Waals surface area contributed by atoms with Gasteiger partial charge in [-0.2, -0.15) is 0 Å². The number of hydrogen-bond acceptors (Lipinski definition) is 4. The molecule has 0 radical (unpaired) electrons. The van der Waals surface area contributed by atoms with Crippen molar-refractivity contribution in [2.75, 3.05) is 20.3 Å². The fraction of sp³-hybridized carbons (Fsp3) is 0.348. The van der Waals surface area contributed by atoms with E-state index in [0.717, 1.165) is 22.6 Å². The molecule has 0 saturated carbocycles. The van der Waals surface area contributed by atoms with Crippen LogP contribution in [0.15, 0.2) is 54.9 Å². The summed E-state index contributed by atoms with van der Waals surface area (Å²) >= 11 is 0. The Hall–Kier alpha value is -2.41. The van der Waals surface area contributed by atoms with E-state index in [1.165, 1.54) is 12.1 Å². The van der Waals surface area contributed by atoms with Crippen LogP contribution < -0.4 is 4.74 Å². The van der Waals surface area contributed by atoms with Gasteiger partial charge in [0.1, 0.15) is 24.0 Å². The minimum atomic E-state index is -0.525. The summed E-state index contributed by atoms with van der Waals surface area (Å²) in [6, 6.07) is 12.9. The standard InChI is InChI=1S/C23H25FN2O3.ClH/c1-17-25-9-10-26(17)21-5-3-18(4-6-21)16-29-22-14-19(13-20(24)15-22)23(27-2)7-11-28-12-8-23;/h3-6,9-10,13-15H,7-8,11-12,16H2,1-2H3;1H. The van der Waals surface area contributed by atoms with Crippen LogP contribution in [0, 0.1) is 12.7 Å². The molecule has 3 aromatic rings. The molecular weight excluding hydrogens is 407 g/mol. The molecule has 2 heterocycles. The lowest BCUT2D eigenvalue weighted by Gasteiger charge is -2.36. The topological polar surface area (TPSA) is 45.5 Å². The van der Waals surface area contributed by atoms with Gasteiger partial charge >= 0.3 is 0 Å². The smallest absolute Gasteiger partial charge is 0.127 e. The number of ether oxygens (including phenoxy) is 3. The highest BCUT2D eigenvalue weighted by Crippen LogP contribution is 2.37. The molecule has 4 rings (SSSR count). The molecule has 0 amide bonds. The third-order valence-electron chi connectivity index (χ3n) is 5.53. The Balaban J connectivity index is 0.00000256. The van der Waals surface area contributed by atoms with Gasteiger partial charge in [-0.1, -0.05) is 12.1 Å². The molecule has 0 unspecified atom stereocenters. The van der Waals surface area contributed by atoms with E-state index < -0.39 is 5.60 Å². The number of aromatic nitrogens is 2. The van der Waals surface area contributed by atoms with Crippen molar-refractivity contribution in [3.8, 4) is 11.4 Å². The fourth-order valence-corrected chi connectivity index (χ4v) is 3.79. The molecule has 0 atom stereocenters. The third-order valence-corrected chi connectivity index (χ3v) is 5.53. The van der Waals surface area contributed by atoms with Crippen LogP contribution in [0.25, 0.3) is 5.69 Å². The Morgan fingerprint density at radius 1 is 1.13 bits per heavy atom. The number of nitrogens with zero attached hydrogens (tertiary/aromatic N) is 2. The van der Waals surface area contributed by atoms with Crippen molar-refractivity contribution >= 4 is 12.4 Å². The maximum Gasteiger partial charge on any atom is 0.127 e. The van der Waals surface area contributed by atoms with Crippen LogP contribution >= 0.6 is 12.4 Å². The van der Waals surface area contributed by atoms with Crippen molar-refractivity contribution in [2.45, 2.75) is 32.0 Å². The van der Waals surface area contributed by atoms with Crippen molar-refractivity contribution in [3.05, 3.63) is 77.6 Å². The molecular formula is C23H26ClFN2O3. The number of hydrogen-bond donors (Lipinski definition) is 0. The summed E-state index contributed by atoms with van der Waals surface area (Å²) in [6.07, 6.45) is 5.10. The molecule has 1 fully saturated rings. The second-order valence-electron chi connectivity index (χ2n) is 7.29. The number of rotatable bonds is 6. The predicted molar refractivity (Wildman–Crippen MR) is 115 cm³/mol. The van der Waals surface area contributed by atoms with Gasteiger partial charge < -0.3 is 18.8 Å². The molecule has 30 heavy (non-hydrogen) atoms. The number of aryl methyl sites for hydroxylation is 1. The van der Waals surface area contributed by atoms with Gasteiger partial charge in [-0.25, -0.2) is 9.37 Å². The van der Waals surface area contributed by atoms with E-state index in [-0.39, 0.29) is 18.2 Å². The minimum Gasteiger partial charge on any atom is -0.489 e. The maximum atomic E-state index is 14.3. The zero-order valence-electron chi connectivity index (χ0n) is 17.1. The zero-order chi connectivity index (χ0) is 20.3. The first-order valence-corrected chi connectivity index (χ1v) is 9.76. The van der Waals surface area contributed by atoms with Crippen LogP contribution in [0.1, 0.15) is 29.8 Å². The Kier molecular flexibility index (Phi) is 7.13. The van der Waals surface area contributed by atoms with Gasteiger partial charge in [0.15, 0.2) is 0 Å². The lowest BCUT2D eigenvalue weighted by Crippen LogP contribution is -2.35. The van der Waals surface area contributed by atoms with E-state index in [0.29, 0.717) is 38.4 Å². The summed E-state index contributed by atoms with van der Waals surface area (Å²) in [6.45, 7) is 3.52. The van der Waals surface area contributed by atoms with Crippen LogP contribution in [0.5, 0.6) is 5.75 Å². The van der Waals surface area contributed by atoms with Crippen molar-refractivity contribution < 1.29 is 18.6 Å². The van der Waals surface area contributed by atoms with E-state index in [2.05, 4.69) is 4.98 Å². The Morgan fingerprint density at radius 2 is 1.87 bits per heavy atom. The first-order chi connectivity index (χ1) is 14.1. The van der Waals surface area contributed by atoms with Gasteiger partial charge in [0, 0.05) is 57.3 Å². The molecule has 1 saturated heterocycles. The summed E-state index contributed by atoms with van der Waals surface area (Å²) in [5.74, 6) is 1.10. The van der Waals surface area contributed by atoms with Crippen LogP contribution in [0.2, 0.25) is 0 Å². The molecule has 1 aromatic heterocycles. The highest BCUT2D eigenvalue weighted by Gasteiger charge is 2.35. The molecule has 0 aliphatic carbocycles. The third kappa shape index (κ3) is 4.67. The number of imidazole rings is 1. The summed E-state index contributed by atoms with van der Waals surface area (Å²) in [4.78, 5) is 4.24. The quantitative estimate of drug-likeness (QED) is 0.551. The molecule has 0 spiro atoms. The van der Waals surface area contributed by atoms with E-state index in [1.807, 2.05) is 48.0 Å². The Labute approximate surface area is 182 Å². The minimum absolute atomic E-state index is 0. The SMILES string of the molecule is COC1(c2cc(F)cc(OCc3ccc(-n4ccnc4C)cc3)c2)CCOCC1.Cl. The van der Waals surface area contributed by atoms with E-state index in [1.54, 1.807) is 13.3 Å². The average Bonchev–Trinajstić information content (AvgIpc) is 3.18. The number of methoxy groups -OCH3 is 1. The fourth-order valence-electron chi connectivity index (χ4n) is 3.79. The summed E-state index contributed by atoms with van der Waals surface area (Å²) in [5.41, 5.74) is 2.32. The highest BCUT2D eigenvalue weighted by molar-refractivity contribution is 5.85. The van der Waals surface area contributed by atoms with Gasteiger partial charge in [-0.3, -0.25) is 0 Å². The van der Waals surface area contributed by atoms with Gasteiger partial charge in [0.05, 0.1) is 5.60 Å². The molecule has 2 aromatic carbocycles. The monoisotopic (exact) mass is 432 g/mol. The summed E-state index contributed by atoms with van der Waals surface area (Å²) < 4.78 is 33.4. The van der Waals surface area contributed by atoms with Crippen LogP contribution in [0.4, 0.5) is 4.39 Å². The van der Waals surface area contributed by atoms with Gasteiger partial charge in [-0.15, -0.1) is 12.4 Å². The number of halogens is 2. The number of benzene rings is 2. The summed E-state index contributed by atoms with van der Waals surface area (Å²) in [7, 11) is 1.67. The molecule has 7 heteroatoms. The molecule has 160 valence electrons. The lowest BCUT2D eigenvalue weighted by atomic mass is 9.86. The Morgan fingerprint density at radius 3 is 2.50 bits per heavy atom. The predicted octanol–water partition coefficient (Wildman–Crippen LogP) is 4.97. The first kappa shape index (κ1) is 22.3.